The molecular weight excluding hydrogens is 272 g/mol. The lowest BCUT2D eigenvalue weighted by molar-refractivity contribution is -0.120. The number of thiocarbonyl (C=S) groups is 1. The quantitative estimate of drug-likeness (QED) is 0.625. The third kappa shape index (κ3) is 6.63. The molecule has 0 saturated carbocycles. The fourth-order valence-electron chi connectivity index (χ4n) is 1.46. The van der Waals surface area contributed by atoms with Gasteiger partial charge in [0.05, 0.1) is 0 Å². The molecule has 0 aromatic heterocycles. The average Bonchev–Trinajstić information content (AvgIpc) is 2.34. The minimum atomic E-state index is -0.165. The van der Waals surface area contributed by atoms with E-state index in [1.54, 1.807) is 24.3 Å². The molecule has 0 fully saturated rings. The summed E-state index contributed by atoms with van der Waals surface area (Å²) in [4.78, 5) is 12.0. The number of hydrogen-bond acceptors (Lipinski definition) is 3. The van der Waals surface area contributed by atoms with E-state index in [2.05, 4.69) is 26.1 Å². The summed E-state index contributed by atoms with van der Waals surface area (Å²) in [5.41, 5.74) is 7.20. The Hall–Kier alpha value is -1.46. The minimum absolute atomic E-state index is 0.0626. The minimum Gasteiger partial charge on any atom is -0.389 e. The smallest absolute Gasteiger partial charge is 0.250 e. The monoisotopic (exact) mass is 294 g/mol. The standard InChI is InChI=1S/C15H22N2O2S/c1-15(2,3)8-9-19-10-13(18)17-12-6-4-11(5-7-12)14(16)20/h4-7H,8-10H2,1-3H3,(H2,16,20)(H,17,18). The molecule has 0 spiro atoms. The Bertz CT molecular complexity index is 464. The van der Waals surface area contributed by atoms with Crippen LogP contribution in [0, 0.1) is 5.41 Å². The van der Waals surface area contributed by atoms with Gasteiger partial charge in [-0.05, 0) is 36.1 Å². The van der Waals surface area contributed by atoms with Crippen LogP contribution >= 0.6 is 12.2 Å². The van der Waals surface area contributed by atoms with Crippen LogP contribution in [0.1, 0.15) is 32.8 Å². The van der Waals surface area contributed by atoms with Crippen molar-refractivity contribution < 1.29 is 9.53 Å². The van der Waals surface area contributed by atoms with Gasteiger partial charge in [-0.3, -0.25) is 4.79 Å². The summed E-state index contributed by atoms with van der Waals surface area (Å²) < 4.78 is 5.35. The number of benzene rings is 1. The van der Waals surface area contributed by atoms with Gasteiger partial charge in [0.2, 0.25) is 5.91 Å². The van der Waals surface area contributed by atoms with Gasteiger partial charge in [-0.2, -0.15) is 0 Å². The summed E-state index contributed by atoms with van der Waals surface area (Å²) in [5.74, 6) is -0.165. The summed E-state index contributed by atoms with van der Waals surface area (Å²) in [7, 11) is 0. The second-order valence-electron chi connectivity index (χ2n) is 5.85. The molecule has 1 aromatic carbocycles. The van der Waals surface area contributed by atoms with Gasteiger partial charge in [0, 0.05) is 17.9 Å². The summed E-state index contributed by atoms with van der Waals surface area (Å²) >= 11 is 4.86. The molecule has 1 amide bonds. The van der Waals surface area contributed by atoms with Crippen molar-refractivity contribution in [3.63, 3.8) is 0 Å². The largest absolute Gasteiger partial charge is 0.389 e. The normalized spacial score (nSPS) is 11.2. The van der Waals surface area contributed by atoms with Crippen LogP contribution in [0.4, 0.5) is 5.69 Å². The van der Waals surface area contributed by atoms with Gasteiger partial charge in [0.25, 0.3) is 0 Å². The maximum Gasteiger partial charge on any atom is 0.250 e. The van der Waals surface area contributed by atoms with Crippen LogP contribution in [0.15, 0.2) is 24.3 Å². The Kier molecular flexibility index (Phi) is 6.10. The van der Waals surface area contributed by atoms with E-state index in [1.807, 2.05) is 0 Å². The number of carbonyl (C=O) groups is 1. The Morgan fingerprint density at radius 1 is 1.30 bits per heavy atom. The van der Waals surface area contributed by atoms with Crippen molar-refractivity contribution in [3.05, 3.63) is 29.8 Å². The molecule has 5 heteroatoms. The van der Waals surface area contributed by atoms with E-state index in [0.29, 0.717) is 17.3 Å². The van der Waals surface area contributed by atoms with Crippen molar-refractivity contribution in [3.8, 4) is 0 Å². The number of nitrogens with two attached hydrogens (primary N) is 1. The maximum atomic E-state index is 11.7. The second-order valence-corrected chi connectivity index (χ2v) is 6.29. The van der Waals surface area contributed by atoms with Crippen molar-refractivity contribution >= 4 is 28.8 Å². The zero-order chi connectivity index (χ0) is 15.2. The van der Waals surface area contributed by atoms with Crippen LogP contribution in [0.5, 0.6) is 0 Å². The fourth-order valence-corrected chi connectivity index (χ4v) is 1.59. The highest BCUT2D eigenvalue weighted by Crippen LogP contribution is 2.17. The number of rotatable bonds is 6. The lowest BCUT2D eigenvalue weighted by atomic mass is 9.93. The molecule has 0 bridgehead atoms. The summed E-state index contributed by atoms with van der Waals surface area (Å²) in [6.07, 6.45) is 0.920. The van der Waals surface area contributed by atoms with Gasteiger partial charge in [-0.15, -0.1) is 0 Å². The van der Waals surface area contributed by atoms with E-state index in [1.165, 1.54) is 0 Å². The van der Waals surface area contributed by atoms with Crippen LogP contribution < -0.4 is 11.1 Å². The molecule has 110 valence electrons. The van der Waals surface area contributed by atoms with Gasteiger partial charge in [0.15, 0.2) is 0 Å². The molecule has 0 aliphatic carbocycles. The Labute approximate surface area is 125 Å². The van der Waals surface area contributed by atoms with E-state index in [4.69, 9.17) is 22.7 Å². The lowest BCUT2D eigenvalue weighted by Gasteiger charge is -2.17. The first kappa shape index (κ1) is 16.6. The molecule has 1 aromatic rings. The fraction of sp³-hybridized carbons (Fsp3) is 0.467. The Morgan fingerprint density at radius 2 is 1.90 bits per heavy atom. The predicted molar refractivity (Wildman–Crippen MR) is 85.9 cm³/mol. The highest BCUT2D eigenvalue weighted by atomic mass is 32.1. The maximum absolute atomic E-state index is 11.7. The van der Waals surface area contributed by atoms with Crippen LogP contribution in [-0.2, 0) is 9.53 Å². The Morgan fingerprint density at radius 3 is 2.40 bits per heavy atom. The van der Waals surface area contributed by atoms with E-state index < -0.39 is 0 Å². The average molecular weight is 294 g/mol. The van der Waals surface area contributed by atoms with Crippen molar-refractivity contribution in [1.82, 2.24) is 0 Å². The van der Waals surface area contributed by atoms with Gasteiger partial charge in [-0.25, -0.2) is 0 Å². The molecule has 0 unspecified atom stereocenters. The second kappa shape index (κ2) is 7.36. The van der Waals surface area contributed by atoms with Crippen LogP contribution in [0.25, 0.3) is 0 Å². The third-order valence-electron chi connectivity index (χ3n) is 2.68. The Balaban J connectivity index is 2.33. The number of nitrogens with one attached hydrogen (secondary N) is 1. The highest BCUT2D eigenvalue weighted by Gasteiger charge is 2.10. The zero-order valence-electron chi connectivity index (χ0n) is 12.2. The van der Waals surface area contributed by atoms with E-state index in [-0.39, 0.29) is 17.9 Å². The van der Waals surface area contributed by atoms with Crippen LogP contribution in [0.2, 0.25) is 0 Å². The molecule has 0 atom stereocenters. The van der Waals surface area contributed by atoms with E-state index in [0.717, 1.165) is 12.0 Å². The molecule has 20 heavy (non-hydrogen) atoms. The molecule has 0 aliphatic rings. The van der Waals surface area contributed by atoms with E-state index >= 15 is 0 Å². The third-order valence-corrected chi connectivity index (χ3v) is 2.92. The SMILES string of the molecule is CC(C)(C)CCOCC(=O)Nc1ccc(C(N)=S)cc1. The van der Waals surface area contributed by atoms with Gasteiger partial charge in [-0.1, -0.05) is 33.0 Å². The van der Waals surface area contributed by atoms with E-state index in [9.17, 15) is 4.79 Å². The predicted octanol–water partition coefficient (Wildman–Crippen LogP) is 2.71. The van der Waals surface area contributed by atoms with Crippen molar-refractivity contribution in [1.29, 1.82) is 0 Å². The zero-order valence-corrected chi connectivity index (χ0v) is 13.0. The lowest BCUT2D eigenvalue weighted by Crippen LogP contribution is -2.20. The highest BCUT2D eigenvalue weighted by molar-refractivity contribution is 7.80. The molecular formula is C15H22N2O2S. The topological polar surface area (TPSA) is 64.3 Å². The first-order valence-corrected chi connectivity index (χ1v) is 6.96. The first-order chi connectivity index (χ1) is 9.28. The number of ether oxygens (including phenoxy) is 1. The molecule has 0 radical (unpaired) electrons. The van der Waals surface area contributed by atoms with Crippen LogP contribution in [-0.4, -0.2) is 24.1 Å². The molecule has 1 rings (SSSR count). The van der Waals surface area contributed by atoms with Crippen molar-refractivity contribution in [2.45, 2.75) is 27.2 Å². The van der Waals surface area contributed by atoms with Crippen molar-refractivity contribution in [2.75, 3.05) is 18.5 Å². The van der Waals surface area contributed by atoms with Crippen molar-refractivity contribution in [2.24, 2.45) is 11.1 Å². The molecule has 4 nitrogen and oxygen atoms in total. The molecule has 0 saturated heterocycles. The van der Waals surface area contributed by atoms with Gasteiger partial charge >= 0.3 is 0 Å². The first-order valence-electron chi connectivity index (χ1n) is 6.55. The number of carbonyl (C=O) groups excluding carboxylic acids is 1. The summed E-state index contributed by atoms with van der Waals surface area (Å²) in [6.45, 7) is 7.06. The van der Waals surface area contributed by atoms with Gasteiger partial charge < -0.3 is 15.8 Å². The summed E-state index contributed by atoms with van der Waals surface area (Å²) in [5, 5.41) is 2.76. The van der Waals surface area contributed by atoms with Crippen LogP contribution in [0.3, 0.4) is 0 Å². The molecule has 0 heterocycles. The number of anilines is 1. The van der Waals surface area contributed by atoms with Gasteiger partial charge in [0.1, 0.15) is 11.6 Å². The molecule has 3 N–H and O–H groups in total. The number of hydrogen-bond donors (Lipinski definition) is 2. The number of amides is 1. The molecule has 0 aliphatic heterocycles. The summed E-state index contributed by atoms with van der Waals surface area (Å²) in [6, 6.07) is 7.08.